The van der Waals surface area contributed by atoms with Crippen molar-refractivity contribution < 1.29 is 4.74 Å². The van der Waals surface area contributed by atoms with Crippen LogP contribution in [0.4, 0.5) is 5.13 Å². The average molecular weight is 278 g/mol. The molecule has 104 valence electrons. The van der Waals surface area contributed by atoms with Gasteiger partial charge in [-0.15, -0.1) is 0 Å². The average Bonchev–Trinajstić information content (AvgIpc) is 2.85. The summed E-state index contributed by atoms with van der Waals surface area (Å²) in [5.41, 5.74) is 1.20. The van der Waals surface area contributed by atoms with E-state index in [9.17, 15) is 0 Å². The molecule has 0 fully saturated rings. The summed E-state index contributed by atoms with van der Waals surface area (Å²) >= 11 is 1.70. The van der Waals surface area contributed by atoms with Crippen molar-refractivity contribution in [1.29, 1.82) is 0 Å². The van der Waals surface area contributed by atoms with E-state index in [0.29, 0.717) is 0 Å². The molecule has 0 aliphatic heterocycles. The molecule has 0 unspecified atom stereocenters. The first-order valence-electron chi connectivity index (χ1n) is 6.89. The maximum Gasteiger partial charge on any atom is 0.184 e. The molecule has 0 bridgehead atoms. The maximum atomic E-state index is 5.25. The van der Waals surface area contributed by atoms with Crippen LogP contribution < -0.4 is 10.1 Å². The van der Waals surface area contributed by atoms with Crippen LogP contribution in [0.2, 0.25) is 0 Å². The Kier molecular flexibility index (Phi) is 4.30. The fourth-order valence-corrected chi connectivity index (χ4v) is 3.34. The summed E-state index contributed by atoms with van der Waals surface area (Å²) < 4.78 is 6.42. The Hall–Kier alpha value is -1.29. The number of anilines is 1. The lowest BCUT2D eigenvalue weighted by Gasteiger charge is -2.31. The SMILES string of the molecule is CCC(CC)(CC)Nc1nc2ccc(OC)cc2s1. The Balaban J connectivity index is 2.30. The molecule has 2 aromatic rings. The van der Waals surface area contributed by atoms with E-state index in [2.05, 4.69) is 31.1 Å². The van der Waals surface area contributed by atoms with Crippen LogP contribution in [0, 0.1) is 0 Å². The van der Waals surface area contributed by atoms with Gasteiger partial charge < -0.3 is 10.1 Å². The molecule has 1 aromatic heterocycles. The van der Waals surface area contributed by atoms with E-state index in [4.69, 9.17) is 4.74 Å². The van der Waals surface area contributed by atoms with Crippen LogP contribution in [0.3, 0.4) is 0 Å². The number of rotatable bonds is 6. The largest absolute Gasteiger partial charge is 0.497 e. The van der Waals surface area contributed by atoms with Crippen LogP contribution in [0.25, 0.3) is 10.2 Å². The Morgan fingerprint density at radius 1 is 1.21 bits per heavy atom. The summed E-state index contributed by atoms with van der Waals surface area (Å²) in [5, 5.41) is 4.64. The highest BCUT2D eigenvalue weighted by molar-refractivity contribution is 7.22. The molecule has 19 heavy (non-hydrogen) atoms. The smallest absolute Gasteiger partial charge is 0.184 e. The van der Waals surface area contributed by atoms with Crippen molar-refractivity contribution in [3.05, 3.63) is 18.2 Å². The van der Waals surface area contributed by atoms with Crippen molar-refractivity contribution in [2.45, 2.75) is 45.6 Å². The summed E-state index contributed by atoms with van der Waals surface area (Å²) in [5.74, 6) is 0.885. The fourth-order valence-electron chi connectivity index (χ4n) is 2.33. The number of thiazole rings is 1. The van der Waals surface area contributed by atoms with Crippen molar-refractivity contribution in [3.63, 3.8) is 0 Å². The second-order valence-corrected chi connectivity index (χ2v) is 5.85. The van der Waals surface area contributed by atoms with Crippen molar-refractivity contribution >= 4 is 26.7 Å². The summed E-state index contributed by atoms with van der Waals surface area (Å²) in [7, 11) is 1.69. The fraction of sp³-hybridized carbons (Fsp3) is 0.533. The van der Waals surface area contributed by atoms with Gasteiger partial charge in [0.15, 0.2) is 5.13 Å². The molecule has 1 N–H and O–H groups in total. The molecule has 3 nitrogen and oxygen atoms in total. The van der Waals surface area contributed by atoms with Crippen molar-refractivity contribution in [3.8, 4) is 5.75 Å². The summed E-state index contributed by atoms with van der Waals surface area (Å²) in [6.07, 6.45) is 3.33. The topological polar surface area (TPSA) is 34.2 Å². The zero-order valence-corrected chi connectivity index (χ0v) is 12.9. The quantitative estimate of drug-likeness (QED) is 0.832. The predicted octanol–water partition coefficient (Wildman–Crippen LogP) is 4.69. The first-order valence-corrected chi connectivity index (χ1v) is 7.70. The van der Waals surface area contributed by atoms with E-state index in [1.54, 1.807) is 18.4 Å². The third-order valence-electron chi connectivity index (χ3n) is 4.00. The molecule has 0 aliphatic rings. The lowest BCUT2D eigenvalue weighted by molar-refractivity contribution is 0.415. The Morgan fingerprint density at radius 2 is 1.89 bits per heavy atom. The van der Waals surface area contributed by atoms with Crippen LogP contribution in [0.5, 0.6) is 5.75 Å². The van der Waals surface area contributed by atoms with Crippen LogP contribution in [-0.2, 0) is 0 Å². The minimum atomic E-state index is 0.165. The number of benzene rings is 1. The maximum absolute atomic E-state index is 5.25. The van der Waals surface area contributed by atoms with Crippen LogP contribution >= 0.6 is 11.3 Å². The highest BCUT2D eigenvalue weighted by Gasteiger charge is 2.24. The molecule has 0 atom stereocenters. The molecule has 0 radical (unpaired) electrons. The molecule has 0 saturated heterocycles. The number of methoxy groups -OCH3 is 1. The Morgan fingerprint density at radius 3 is 2.47 bits per heavy atom. The first kappa shape index (κ1) is 14.1. The van der Waals surface area contributed by atoms with Gasteiger partial charge in [-0.05, 0) is 37.5 Å². The summed E-state index contributed by atoms with van der Waals surface area (Å²) in [6, 6.07) is 6.02. The molecule has 2 rings (SSSR count). The lowest BCUT2D eigenvalue weighted by Crippen LogP contribution is -2.35. The standard InChI is InChI=1S/C15H22N2OS/c1-5-15(6-2,7-3)17-14-16-12-9-8-11(18-4)10-13(12)19-14/h8-10H,5-7H2,1-4H3,(H,16,17). The Bertz CT molecular complexity index is 538. The van der Waals surface area contributed by atoms with Gasteiger partial charge >= 0.3 is 0 Å². The molecule has 4 heteroatoms. The molecule has 1 aromatic carbocycles. The van der Waals surface area contributed by atoms with Gasteiger partial charge in [-0.25, -0.2) is 4.98 Å². The van der Waals surface area contributed by atoms with Gasteiger partial charge in [-0.2, -0.15) is 0 Å². The third-order valence-corrected chi connectivity index (χ3v) is 4.93. The predicted molar refractivity (Wildman–Crippen MR) is 83.4 cm³/mol. The number of aromatic nitrogens is 1. The minimum absolute atomic E-state index is 0.165. The monoisotopic (exact) mass is 278 g/mol. The van der Waals surface area contributed by atoms with E-state index >= 15 is 0 Å². The van der Waals surface area contributed by atoms with E-state index in [0.717, 1.165) is 35.7 Å². The number of nitrogens with one attached hydrogen (secondary N) is 1. The highest BCUT2D eigenvalue weighted by atomic mass is 32.1. The van der Waals surface area contributed by atoms with E-state index in [-0.39, 0.29) is 5.54 Å². The molecule has 0 aliphatic carbocycles. The van der Waals surface area contributed by atoms with Gasteiger partial charge in [0.25, 0.3) is 0 Å². The number of hydrogen-bond acceptors (Lipinski definition) is 4. The van der Waals surface area contributed by atoms with Gasteiger partial charge in [0, 0.05) is 5.54 Å². The Labute approximate surface area is 119 Å². The number of nitrogens with zero attached hydrogens (tertiary/aromatic N) is 1. The molecular formula is C15H22N2OS. The zero-order valence-electron chi connectivity index (χ0n) is 12.1. The normalized spacial score (nSPS) is 11.8. The highest BCUT2D eigenvalue weighted by Crippen LogP contribution is 2.33. The van der Waals surface area contributed by atoms with E-state index in [1.807, 2.05) is 18.2 Å². The second kappa shape index (κ2) is 5.78. The van der Waals surface area contributed by atoms with E-state index < -0.39 is 0 Å². The third kappa shape index (κ3) is 2.84. The molecule has 0 amide bonds. The summed E-state index contributed by atoms with van der Waals surface area (Å²) in [4.78, 5) is 4.67. The van der Waals surface area contributed by atoms with E-state index in [1.165, 1.54) is 4.70 Å². The van der Waals surface area contributed by atoms with Crippen LogP contribution in [0.15, 0.2) is 18.2 Å². The number of fused-ring (bicyclic) bond motifs is 1. The van der Waals surface area contributed by atoms with Crippen LogP contribution in [0.1, 0.15) is 40.0 Å². The lowest BCUT2D eigenvalue weighted by atomic mass is 9.90. The molecule has 0 saturated carbocycles. The second-order valence-electron chi connectivity index (χ2n) is 4.82. The van der Waals surface area contributed by atoms with Gasteiger partial charge in [-0.1, -0.05) is 32.1 Å². The molecule has 0 spiro atoms. The minimum Gasteiger partial charge on any atom is -0.497 e. The van der Waals surface area contributed by atoms with Gasteiger partial charge in [0.05, 0.1) is 17.3 Å². The number of hydrogen-bond donors (Lipinski definition) is 1. The summed E-state index contributed by atoms with van der Waals surface area (Å²) in [6.45, 7) is 6.70. The van der Waals surface area contributed by atoms with Crippen molar-refractivity contribution in [2.24, 2.45) is 0 Å². The number of ether oxygens (including phenoxy) is 1. The van der Waals surface area contributed by atoms with Gasteiger partial charge in [-0.3, -0.25) is 0 Å². The van der Waals surface area contributed by atoms with Crippen LogP contribution in [-0.4, -0.2) is 17.6 Å². The van der Waals surface area contributed by atoms with Crippen molar-refractivity contribution in [1.82, 2.24) is 4.98 Å². The molecular weight excluding hydrogens is 256 g/mol. The first-order chi connectivity index (χ1) is 9.16. The van der Waals surface area contributed by atoms with Gasteiger partial charge in [0.1, 0.15) is 5.75 Å². The zero-order chi connectivity index (χ0) is 13.9. The van der Waals surface area contributed by atoms with Gasteiger partial charge in [0.2, 0.25) is 0 Å². The molecule has 1 heterocycles. The van der Waals surface area contributed by atoms with Crippen molar-refractivity contribution in [2.75, 3.05) is 12.4 Å².